The van der Waals surface area contributed by atoms with Gasteiger partial charge < -0.3 is 14.6 Å². The average Bonchev–Trinajstić information content (AvgIpc) is 2.64. The van der Waals surface area contributed by atoms with Crippen LogP contribution in [0.1, 0.15) is 0 Å². The number of rotatable bonds is 6. The number of halogens is 1. The fourth-order valence-corrected chi connectivity index (χ4v) is 2.91. The fourth-order valence-electron chi connectivity index (χ4n) is 2.68. The van der Waals surface area contributed by atoms with Crippen LogP contribution in [0.5, 0.6) is 5.75 Å². The number of ether oxygens (including phenoxy) is 2. The van der Waals surface area contributed by atoms with Gasteiger partial charge in [-0.3, -0.25) is 0 Å². The van der Waals surface area contributed by atoms with Gasteiger partial charge in [0, 0.05) is 27.3 Å². The molecule has 5 heteroatoms. The summed E-state index contributed by atoms with van der Waals surface area (Å²) in [5.41, 5.74) is 0. The van der Waals surface area contributed by atoms with Crippen LogP contribution in [-0.4, -0.2) is 30.4 Å². The minimum Gasteiger partial charge on any atom is -0.488 e. The number of carbonyl (C=O) groups is 1. The zero-order chi connectivity index (χ0) is 17.8. The second-order valence-electron chi connectivity index (χ2n) is 5.52. The lowest BCUT2D eigenvalue weighted by Gasteiger charge is -2.18. The molecule has 4 nitrogen and oxygen atoms in total. The highest BCUT2D eigenvalue weighted by atomic mass is 35.5. The molecule has 0 saturated heterocycles. The maximum absolute atomic E-state index is 11.3. The normalized spacial score (nSPS) is 12.1. The van der Waals surface area contributed by atoms with Gasteiger partial charge in [-0.2, -0.15) is 0 Å². The fraction of sp³-hybridized carbons (Fsp3) is 0.150. The molecule has 0 amide bonds. The van der Waals surface area contributed by atoms with Crippen LogP contribution in [0.25, 0.3) is 21.5 Å². The summed E-state index contributed by atoms with van der Waals surface area (Å²) in [6, 6.07) is 15.4. The Bertz CT molecular complexity index is 936. The van der Waals surface area contributed by atoms with Gasteiger partial charge in [0.15, 0.2) is 6.10 Å². The first-order valence-corrected chi connectivity index (χ1v) is 8.18. The molecule has 1 atom stereocenters. The summed E-state index contributed by atoms with van der Waals surface area (Å²) in [6.45, 7) is 3.02. The lowest BCUT2D eigenvalue weighted by Crippen LogP contribution is -2.27. The van der Waals surface area contributed by atoms with E-state index in [0.717, 1.165) is 27.6 Å². The van der Waals surface area contributed by atoms with Crippen LogP contribution >= 0.6 is 11.6 Å². The van der Waals surface area contributed by atoms with E-state index in [0.29, 0.717) is 10.8 Å². The highest BCUT2D eigenvalue weighted by molar-refractivity contribution is 6.36. The highest BCUT2D eigenvalue weighted by Crippen LogP contribution is 2.37. The van der Waals surface area contributed by atoms with Gasteiger partial charge in [-0.15, -0.1) is 0 Å². The van der Waals surface area contributed by atoms with Crippen LogP contribution in [0.2, 0.25) is 5.02 Å². The van der Waals surface area contributed by atoms with E-state index >= 15 is 0 Å². The van der Waals surface area contributed by atoms with E-state index in [1.807, 2.05) is 48.5 Å². The Morgan fingerprint density at radius 3 is 2.68 bits per heavy atom. The number of benzene rings is 3. The second-order valence-corrected chi connectivity index (χ2v) is 5.93. The lowest BCUT2D eigenvalue weighted by molar-refractivity contribution is -0.146. The zero-order valence-corrected chi connectivity index (χ0v) is 14.2. The van der Waals surface area contributed by atoms with Crippen molar-refractivity contribution in [2.45, 2.75) is 6.10 Å². The molecule has 128 valence electrons. The zero-order valence-electron chi connectivity index (χ0n) is 13.4. The molecule has 25 heavy (non-hydrogen) atoms. The Hall–Kier alpha value is -2.56. The summed E-state index contributed by atoms with van der Waals surface area (Å²) < 4.78 is 11.0. The third-order valence-electron chi connectivity index (χ3n) is 3.87. The van der Waals surface area contributed by atoms with Gasteiger partial charge in [0.2, 0.25) is 0 Å². The third-order valence-corrected chi connectivity index (χ3v) is 4.20. The molecule has 3 rings (SSSR count). The average molecular weight is 357 g/mol. The predicted molar refractivity (Wildman–Crippen MR) is 99.1 cm³/mol. The summed E-state index contributed by atoms with van der Waals surface area (Å²) in [4.78, 5) is 11.3. The van der Waals surface area contributed by atoms with Crippen molar-refractivity contribution in [2.24, 2.45) is 0 Å². The monoisotopic (exact) mass is 356 g/mol. The van der Waals surface area contributed by atoms with Crippen molar-refractivity contribution in [2.75, 3.05) is 13.2 Å². The van der Waals surface area contributed by atoms with E-state index in [2.05, 4.69) is 6.58 Å². The summed E-state index contributed by atoms with van der Waals surface area (Å²) in [7, 11) is 0. The maximum atomic E-state index is 11.3. The Balaban J connectivity index is 2.02. The molecular weight excluding hydrogens is 340 g/mol. The minimum absolute atomic E-state index is 0.0195. The van der Waals surface area contributed by atoms with Gasteiger partial charge in [-0.05, 0) is 17.5 Å². The maximum Gasteiger partial charge on any atom is 0.330 e. The molecular formula is C20H17ClO4. The van der Waals surface area contributed by atoms with Gasteiger partial charge in [-0.1, -0.05) is 54.6 Å². The van der Waals surface area contributed by atoms with Crippen molar-refractivity contribution >= 4 is 39.1 Å². The van der Waals surface area contributed by atoms with Crippen LogP contribution in [0.4, 0.5) is 0 Å². The van der Waals surface area contributed by atoms with Crippen molar-refractivity contribution in [1.29, 1.82) is 0 Å². The van der Waals surface area contributed by atoms with Crippen LogP contribution in [0.15, 0.2) is 61.2 Å². The minimum atomic E-state index is -0.779. The Morgan fingerprint density at radius 2 is 1.92 bits per heavy atom. The van der Waals surface area contributed by atoms with Gasteiger partial charge in [0.25, 0.3) is 0 Å². The molecule has 0 aliphatic rings. The number of hydrogen-bond donors (Lipinski definition) is 1. The topological polar surface area (TPSA) is 55.8 Å². The number of aliphatic hydroxyl groups excluding tert-OH is 1. The molecule has 0 heterocycles. The largest absolute Gasteiger partial charge is 0.488 e. The van der Waals surface area contributed by atoms with Gasteiger partial charge in [-0.25, -0.2) is 4.79 Å². The summed E-state index contributed by atoms with van der Waals surface area (Å²) >= 11 is 6.33. The quantitative estimate of drug-likeness (QED) is 0.410. The van der Waals surface area contributed by atoms with E-state index < -0.39 is 12.1 Å². The number of esters is 1. The van der Waals surface area contributed by atoms with E-state index in [1.54, 1.807) is 0 Å². The van der Waals surface area contributed by atoms with Gasteiger partial charge in [0.1, 0.15) is 12.4 Å². The molecule has 1 unspecified atom stereocenters. The molecule has 0 aliphatic carbocycles. The molecule has 3 aromatic rings. The van der Waals surface area contributed by atoms with Crippen molar-refractivity contribution in [3.63, 3.8) is 0 Å². The molecule has 0 radical (unpaired) electrons. The lowest BCUT2D eigenvalue weighted by atomic mass is 10.0. The van der Waals surface area contributed by atoms with E-state index in [-0.39, 0.29) is 13.2 Å². The molecule has 0 bridgehead atoms. The molecule has 3 aromatic carbocycles. The third kappa shape index (κ3) is 3.60. The molecule has 0 spiro atoms. The predicted octanol–water partition coefficient (Wildman–Crippen LogP) is 4.12. The summed E-state index contributed by atoms with van der Waals surface area (Å²) in [6.07, 6.45) is 0.272. The van der Waals surface area contributed by atoms with E-state index in [1.165, 1.54) is 0 Å². The van der Waals surface area contributed by atoms with Crippen LogP contribution in [-0.2, 0) is 9.53 Å². The first-order chi connectivity index (χ1) is 12.1. The molecule has 1 N–H and O–H groups in total. The number of aliphatic hydroxyl groups is 1. The Labute approximate surface area is 150 Å². The van der Waals surface area contributed by atoms with Crippen LogP contribution in [0, 0.1) is 0 Å². The molecule has 0 saturated carbocycles. The van der Waals surface area contributed by atoms with Gasteiger partial charge in [0.05, 0.1) is 6.61 Å². The van der Waals surface area contributed by atoms with E-state index in [4.69, 9.17) is 21.1 Å². The number of carbonyl (C=O) groups excluding carboxylic acids is 1. The molecule has 0 aliphatic heterocycles. The number of hydrogen-bond acceptors (Lipinski definition) is 4. The second kappa shape index (κ2) is 7.55. The Morgan fingerprint density at radius 1 is 1.16 bits per heavy atom. The smallest absolute Gasteiger partial charge is 0.330 e. The van der Waals surface area contributed by atoms with Crippen molar-refractivity contribution < 1.29 is 19.4 Å². The molecule has 0 fully saturated rings. The summed E-state index contributed by atoms with van der Waals surface area (Å²) in [5, 5.41) is 13.7. The number of fused-ring (bicyclic) bond motifs is 2. The van der Waals surface area contributed by atoms with Crippen LogP contribution < -0.4 is 4.74 Å². The van der Waals surface area contributed by atoms with Crippen LogP contribution in [0.3, 0.4) is 0 Å². The van der Waals surface area contributed by atoms with Crippen molar-refractivity contribution in [3.8, 4) is 5.75 Å². The van der Waals surface area contributed by atoms with Gasteiger partial charge >= 0.3 is 5.97 Å². The first kappa shape index (κ1) is 17.3. The summed E-state index contributed by atoms with van der Waals surface area (Å²) in [5.74, 6) is 0.0391. The van der Waals surface area contributed by atoms with E-state index in [9.17, 15) is 9.90 Å². The van der Waals surface area contributed by atoms with Crippen molar-refractivity contribution in [3.05, 3.63) is 66.2 Å². The SMILES string of the molecule is C=CC(=O)OC(CO)COc1c2ccccc2cc2c(Cl)cccc12. The Kier molecular flexibility index (Phi) is 5.22. The molecule has 0 aromatic heterocycles. The highest BCUT2D eigenvalue weighted by Gasteiger charge is 2.16. The first-order valence-electron chi connectivity index (χ1n) is 7.80. The van der Waals surface area contributed by atoms with Crippen molar-refractivity contribution in [1.82, 2.24) is 0 Å². The standard InChI is InChI=1S/C20H17ClO4/c1-2-19(23)25-14(11-22)12-24-20-15-7-4-3-6-13(15)10-17-16(20)8-5-9-18(17)21/h2-10,14,22H,1,11-12H2.